The fourth-order valence-electron chi connectivity index (χ4n) is 2.20. The maximum absolute atomic E-state index is 11.9. The second-order valence-electron chi connectivity index (χ2n) is 4.70. The summed E-state index contributed by atoms with van der Waals surface area (Å²) in [7, 11) is 0. The monoisotopic (exact) mass is 296 g/mol. The number of oxazole rings is 1. The summed E-state index contributed by atoms with van der Waals surface area (Å²) < 4.78 is 6.45. The zero-order valence-corrected chi connectivity index (χ0v) is 11.5. The number of hydrogen-bond acceptors (Lipinski definition) is 4. The number of non-ortho nitro benzene ring substituents is 1. The lowest BCUT2D eigenvalue weighted by molar-refractivity contribution is -0.384. The van der Waals surface area contributed by atoms with Gasteiger partial charge in [0, 0.05) is 18.7 Å². The number of nitro groups is 1. The van der Waals surface area contributed by atoms with Crippen molar-refractivity contribution in [2.45, 2.75) is 6.54 Å². The van der Waals surface area contributed by atoms with Crippen LogP contribution >= 0.6 is 0 Å². The van der Waals surface area contributed by atoms with Crippen molar-refractivity contribution in [1.82, 2.24) is 4.57 Å². The van der Waals surface area contributed by atoms with Crippen LogP contribution in [0.2, 0.25) is 0 Å². The summed E-state index contributed by atoms with van der Waals surface area (Å²) in [6.45, 7) is 0.280. The van der Waals surface area contributed by atoms with E-state index in [9.17, 15) is 14.9 Å². The summed E-state index contributed by atoms with van der Waals surface area (Å²) in [5, 5.41) is 10.8. The first kappa shape index (κ1) is 13.8. The molecule has 0 amide bonds. The molecule has 2 aromatic carbocycles. The average molecular weight is 296 g/mol. The van der Waals surface area contributed by atoms with Crippen LogP contribution in [0.15, 0.2) is 63.8 Å². The molecule has 6 heteroatoms. The van der Waals surface area contributed by atoms with E-state index in [0.29, 0.717) is 11.1 Å². The summed E-state index contributed by atoms with van der Waals surface area (Å²) in [5.74, 6) is -0.534. The van der Waals surface area contributed by atoms with Gasteiger partial charge in [0.05, 0.1) is 10.4 Å². The number of benzene rings is 2. The second-order valence-corrected chi connectivity index (χ2v) is 4.70. The summed E-state index contributed by atoms with van der Waals surface area (Å²) in [6.07, 6.45) is 3.69. The Kier molecular flexibility index (Phi) is 3.57. The first-order chi connectivity index (χ1) is 10.6. The molecule has 3 rings (SSSR count). The first-order valence-electron chi connectivity index (χ1n) is 6.64. The minimum absolute atomic E-state index is 0.0749. The highest BCUT2D eigenvalue weighted by Gasteiger charge is 2.13. The summed E-state index contributed by atoms with van der Waals surface area (Å²) >= 11 is 0. The fourth-order valence-corrected chi connectivity index (χ4v) is 2.20. The van der Waals surface area contributed by atoms with E-state index in [0.717, 1.165) is 5.56 Å². The van der Waals surface area contributed by atoms with Gasteiger partial charge in [0.2, 0.25) is 0 Å². The molecule has 22 heavy (non-hydrogen) atoms. The van der Waals surface area contributed by atoms with Crippen LogP contribution in [0.5, 0.6) is 0 Å². The largest absolute Gasteiger partial charge is 0.420 e. The van der Waals surface area contributed by atoms with Gasteiger partial charge >= 0.3 is 5.76 Å². The van der Waals surface area contributed by atoms with Crippen molar-refractivity contribution in [2.75, 3.05) is 0 Å². The van der Waals surface area contributed by atoms with Crippen LogP contribution < -0.4 is 5.76 Å². The van der Waals surface area contributed by atoms with E-state index in [-0.39, 0.29) is 12.2 Å². The van der Waals surface area contributed by atoms with Gasteiger partial charge in [0.15, 0.2) is 5.58 Å². The van der Waals surface area contributed by atoms with Crippen molar-refractivity contribution in [3.8, 4) is 0 Å². The zero-order chi connectivity index (χ0) is 15.5. The Morgan fingerprint density at radius 1 is 1.18 bits per heavy atom. The average Bonchev–Trinajstić information content (AvgIpc) is 2.83. The molecule has 0 radical (unpaired) electrons. The molecule has 6 nitrogen and oxygen atoms in total. The maximum atomic E-state index is 11.9. The Morgan fingerprint density at radius 3 is 2.68 bits per heavy atom. The van der Waals surface area contributed by atoms with Crippen molar-refractivity contribution in [3.05, 3.63) is 80.8 Å². The molecule has 1 aromatic heterocycles. The minimum Gasteiger partial charge on any atom is -0.408 e. The van der Waals surface area contributed by atoms with Gasteiger partial charge in [-0.2, -0.15) is 0 Å². The van der Waals surface area contributed by atoms with Crippen LogP contribution in [0, 0.1) is 10.1 Å². The molecule has 0 fully saturated rings. The molecule has 0 spiro atoms. The molecule has 1 heterocycles. The van der Waals surface area contributed by atoms with Crippen LogP contribution in [0.25, 0.3) is 17.2 Å². The lowest BCUT2D eigenvalue weighted by Gasteiger charge is -1.97. The first-order valence-corrected chi connectivity index (χ1v) is 6.64. The summed E-state index contributed by atoms with van der Waals surface area (Å²) in [5.41, 5.74) is 1.68. The Labute approximate surface area is 125 Å². The number of allylic oxidation sites excluding steroid dienone is 1. The molecule has 0 unspecified atom stereocenters. The molecule has 0 aliphatic heterocycles. The quantitative estimate of drug-likeness (QED) is 0.547. The lowest BCUT2D eigenvalue weighted by atomic mass is 10.2. The molecule has 0 saturated heterocycles. The van der Waals surface area contributed by atoms with Crippen molar-refractivity contribution < 1.29 is 9.34 Å². The number of rotatable bonds is 4. The van der Waals surface area contributed by atoms with Crippen LogP contribution in [0.1, 0.15) is 5.56 Å². The summed E-state index contributed by atoms with van der Waals surface area (Å²) in [6, 6.07) is 13.7. The lowest BCUT2D eigenvalue weighted by Crippen LogP contribution is -2.12. The number of hydrogen-bond donors (Lipinski definition) is 0. The number of aromatic nitrogens is 1. The Hall–Kier alpha value is -3.15. The minimum atomic E-state index is -0.534. The van der Waals surface area contributed by atoms with Crippen molar-refractivity contribution >= 4 is 22.9 Å². The molecule has 3 aromatic rings. The second kappa shape index (κ2) is 5.69. The van der Waals surface area contributed by atoms with E-state index in [1.54, 1.807) is 0 Å². The van der Waals surface area contributed by atoms with E-state index in [2.05, 4.69) is 0 Å². The Balaban J connectivity index is 1.94. The number of fused-ring (bicyclic) bond motifs is 1. The maximum Gasteiger partial charge on any atom is 0.420 e. The van der Waals surface area contributed by atoms with Gasteiger partial charge in [-0.3, -0.25) is 14.7 Å². The van der Waals surface area contributed by atoms with Crippen LogP contribution in [0.4, 0.5) is 5.69 Å². The normalized spacial score (nSPS) is 11.3. The van der Waals surface area contributed by atoms with Crippen molar-refractivity contribution in [2.24, 2.45) is 0 Å². The Bertz CT molecular complexity index is 907. The molecular formula is C16H12N2O4. The van der Waals surface area contributed by atoms with E-state index >= 15 is 0 Å². The highest BCUT2D eigenvalue weighted by Crippen LogP contribution is 2.20. The molecule has 0 saturated carbocycles. The molecular weight excluding hydrogens is 284 g/mol. The standard InChI is InChI=1S/C16H12N2O4/c19-16-17(10-4-7-12-5-2-1-3-6-12)14-11-13(18(20)21)8-9-15(14)22-16/h1-9,11H,10H2. The molecule has 0 aliphatic carbocycles. The number of nitro benzene ring substituents is 1. The topological polar surface area (TPSA) is 78.3 Å². The molecule has 0 atom stereocenters. The van der Waals surface area contributed by atoms with E-state index < -0.39 is 10.7 Å². The van der Waals surface area contributed by atoms with Gasteiger partial charge in [-0.25, -0.2) is 4.79 Å². The SMILES string of the molecule is O=c1oc2ccc([N+](=O)[O-])cc2n1CC=Cc1ccccc1. The van der Waals surface area contributed by atoms with Gasteiger partial charge in [-0.15, -0.1) is 0 Å². The Morgan fingerprint density at radius 2 is 1.95 bits per heavy atom. The van der Waals surface area contributed by atoms with Crippen molar-refractivity contribution in [1.29, 1.82) is 0 Å². The van der Waals surface area contributed by atoms with Crippen LogP contribution in [-0.2, 0) is 6.54 Å². The van der Waals surface area contributed by atoms with Crippen molar-refractivity contribution in [3.63, 3.8) is 0 Å². The van der Waals surface area contributed by atoms with Gasteiger partial charge in [-0.05, 0) is 11.6 Å². The number of nitrogens with zero attached hydrogens (tertiary/aromatic N) is 2. The third-order valence-electron chi connectivity index (χ3n) is 3.26. The third-order valence-corrected chi connectivity index (χ3v) is 3.26. The highest BCUT2D eigenvalue weighted by molar-refractivity contribution is 5.76. The predicted molar refractivity (Wildman–Crippen MR) is 82.6 cm³/mol. The smallest absolute Gasteiger partial charge is 0.408 e. The van der Waals surface area contributed by atoms with Gasteiger partial charge in [0.1, 0.15) is 0 Å². The zero-order valence-electron chi connectivity index (χ0n) is 11.5. The highest BCUT2D eigenvalue weighted by atomic mass is 16.6. The summed E-state index contributed by atoms with van der Waals surface area (Å²) in [4.78, 5) is 22.2. The van der Waals surface area contributed by atoms with Crippen LogP contribution in [0.3, 0.4) is 0 Å². The fraction of sp³-hybridized carbons (Fsp3) is 0.0625. The van der Waals surface area contributed by atoms with Gasteiger partial charge < -0.3 is 4.42 Å². The molecule has 0 aliphatic rings. The predicted octanol–water partition coefficient (Wildman–Crippen LogP) is 3.22. The van der Waals surface area contributed by atoms with Gasteiger partial charge in [-0.1, -0.05) is 42.5 Å². The van der Waals surface area contributed by atoms with Crippen LogP contribution in [-0.4, -0.2) is 9.49 Å². The van der Waals surface area contributed by atoms with E-state index in [1.165, 1.54) is 22.8 Å². The molecule has 110 valence electrons. The van der Waals surface area contributed by atoms with E-state index in [4.69, 9.17) is 4.42 Å². The third kappa shape index (κ3) is 2.67. The molecule has 0 bridgehead atoms. The van der Waals surface area contributed by atoms with E-state index in [1.807, 2.05) is 42.5 Å². The molecule has 0 N–H and O–H groups in total. The van der Waals surface area contributed by atoms with Gasteiger partial charge in [0.25, 0.3) is 5.69 Å².